The fraction of sp³-hybridized carbons (Fsp3) is 0.458. The molecule has 1 aromatic carbocycles. The minimum absolute atomic E-state index is 0.0642. The molecule has 0 spiro atoms. The summed E-state index contributed by atoms with van der Waals surface area (Å²) in [5, 5.41) is 17.8. The van der Waals surface area contributed by atoms with Crippen LogP contribution in [0.2, 0.25) is 0 Å². The van der Waals surface area contributed by atoms with Crippen LogP contribution in [0.15, 0.2) is 30.3 Å². The van der Waals surface area contributed by atoms with Gasteiger partial charge in [0.15, 0.2) is 0 Å². The topological polar surface area (TPSA) is 122 Å². The molecular formula is C24H30N4O4. The highest BCUT2D eigenvalue weighted by molar-refractivity contribution is 5.98. The number of rotatable bonds is 4. The molecule has 0 bridgehead atoms. The Kier molecular flexibility index (Phi) is 7.67. The van der Waals surface area contributed by atoms with Crippen molar-refractivity contribution >= 4 is 11.9 Å². The third-order valence-corrected chi connectivity index (χ3v) is 6.08. The number of carbonyl (C=O) groups excluding carboxylic acids is 1. The number of benzene rings is 1. The molecular weight excluding hydrogens is 408 g/mol. The number of hydrogen-bond donors (Lipinski definition) is 2. The maximum absolute atomic E-state index is 12.6. The van der Waals surface area contributed by atoms with Crippen molar-refractivity contribution in [1.82, 2.24) is 9.47 Å². The molecule has 0 radical (unpaired) electrons. The van der Waals surface area contributed by atoms with Gasteiger partial charge in [0.2, 0.25) is 0 Å². The number of aromatic carboxylic acids is 1. The molecule has 1 amide bonds. The number of amides is 1. The third-order valence-electron chi connectivity index (χ3n) is 6.08. The van der Waals surface area contributed by atoms with Crippen molar-refractivity contribution in [3.63, 3.8) is 0 Å². The molecule has 3 N–H and O–H groups in total. The zero-order chi connectivity index (χ0) is 23.3. The van der Waals surface area contributed by atoms with Gasteiger partial charge in [-0.3, -0.25) is 4.79 Å². The van der Waals surface area contributed by atoms with Crippen molar-refractivity contribution in [2.24, 2.45) is 5.73 Å². The molecule has 8 nitrogen and oxygen atoms in total. The van der Waals surface area contributed by atoms with E-state index in [9.17, 15) is 14.7 Å². The number of nitriles is 1. The van der Waals surface area contributed by atoms with Gasteiger partial charge in [-0.1, -0.05) is 19.1 Å². The van der Waals surface area contributed by atoms with E-state index in [0.29, 0.717) is 30.1 Å². The first-order valence-corrected chi connectivity index (χ1v) is 11.0. The Hall–Kier alpha value is -3.15. The number of aromatic nitrogens is 1. The molecule has 0 unspecified atom stereocenters. The van der Waals surface area contributed by atoms with Crippen LogP contribution >= 0.6 is 0 Å². The summed E-state index contributed by atoms with van der Waals surface area (Å²) in [4.78, 5) is 25.8. The second-order valence-electron chi connectivity index (χ2n) is 8.14. The van der Waals surface area contributed by atoms with Crippen molar-refractivity contribution in [2.75, 3.05) is 13.2 Å². The number of carboxylic acid groups (broad SMARTS) is 1. The first-order chi connectivity index (χ1) is 15.4. The van der Waals surface area contributed by atoms with Crippen molar-refractivity contribution in [3.8, 4) is 6.07 Å². The Morgan fingerprint density at radius 2 is 2.03 bits per heavy atom. The van der Waals surface area contributed by atoms with Crippen LogP contribution in [0.25, 0.3) is 0 Å². The second-order valence-corrected chi connectivity index (χ2v) is 8.14. The van der Waals surface area contributed by atoms with Crippen LogP contribution in [0.3, 0.4) is 0 Å². The molecule has 4 rings (SSSR count). The summed E-state index contributed by atoms with van der Waals surface area (Å²) in [5.74, 6) is -1.07. The fourth-order valence-electron chi connectivity index (χ4n) is 4.11. The standard InChI is InChI=1S/C14H18N2O4.C10H12N2/c1-9-3-2-4-15(9)13(17)11-7-10(14(18)19)12-8-20-6-5-16(11)12;1-2-10(12)9-5-3-8(7-11)4-6-9/h7,9H,2-6,8H2,1H3,(H,18,19);3-6,10H,2,12H2,1H3/t9-;10-/m01/s1. The van der Waals surface area contributed by atoms with Gasteiger partial charge in [-0.25, -0.2) is 4.79 Å². The Balaban J connectivity index is 0.000000207. The molecule has 32 heavy (non-hydrogen) atoms. The fourth-order valence-corrected chi connectivity index (χ4v) is 4.11. The van der Waals surface area contributed by atoms with Crippen LogP contribution in [-0.4, -0.2) is 45.6 Å². The summed E-state index contributed by atoms with van der Waals surface area (Å²) in [5.41, 5.74) is 8.84. The number of carboxylic acids is 1. The average molecular weight is 439 g/mol. The van der Waals surface area contributed by atoms with Crippen molar-refractivity contribution in [2.45, 2.75) is 58.3 Å². The normalized spacial score (nSPS) is 18.2. The van der Waals surface area contributed by atoms with Crippen molar-refractivity contribution in [3.05, 3.63) is 58.4 Å². The predicted octanol–water partition coefficient (Wildman–Crippen LogP) is 3.31. The highest BCUT2D eigenvalue weighted by atomic mass is 16.5. The van der Waals surface area contributed by atoms with Crippen LogP contribution in [0.4, 0.5) is 0 Å². The number of likely N-dealkylation sites (tertiary alicyclic amines) is 1. The van der Waals surface area contributed by atoms with Gasteiger partial charge < -0.3 is 25.0 Å². The van der Waals surface area contributed by atoms with Crippen LogP contribution in [0, 0.1) is 11.3 Å². The molecule has 1 saturated heterocycles. The van der Waals surface area contributed by atoms with Gasteiger partial charge in [-0.15, -0.1) is 0 Å². The molecule has 8 heteroatoms. The molecule has 1 fully saturated rings. The van der Waals surface area contributed by atoms with Crippen molar-refractivity contribution < 1.29 is 19.4 Å². The van der Waals surface area contributed by atoms with Crippen LogP contribution in [-0.2, 0) is 17.9 Å². The number of fused-ring (bicyclic) bond motifs is 1. The van der Waals surface area contributed by atoms with Gasteiger partial charge in [-0.05, 0) is 49.9 Å². The summed E-state index contributed by atoms with van der Waals surface area (Å²) in [7, 11) is 0. The monoisotopic (exact) mass is 438 g/mol. The molecule has 2 aliphatic heterocycles. The van der Waals surface area contributed by atoms with E-state index in [1.165, 1.54) is 6.07 Å². The Labute approximate surface area is 188 Å². The second kappa shape index (κ2) is 10.4. The Morgan fingerprint density at radius 3 is 2.59 bits per heavy atom. The van der Waals surface area contributed by atoms with Crippen LogP contribution in [0.1, 0.15) is 76.8 Å². The van der Waals surface area contributed by atoms with Crippen LogP contribution < -0.4 is 5.73 Å². The summed E-state index contributed by atoms with van der Waals surface area (Å²) in [6.45, 7) is 6.13. The van der Waals surface area contributed by atoms with Gasteiger partial charge in [0.25, 0.3) is 5.91 Å². The number of nitrogens with two attached hydrogens (primary N) is 1. The predicted molar refractivity (Wildman–Crippen MR) is 119 cm³/mol. The molecule has 170 valence electrons. The largest absolute Gasteiger partial charge is 0.478 e. The Bertz CT molecular complexity index is 1010. The molecule has 2 atom stereocenters. The maximum Gasteiger partial charge on any atom is 0.337 e. The van der Waals surface area contributed by atoms with E-state index in [4.69, 9.17) is 15.7 Å². The number of nitrogens with zero attached hydrogens (tertiary/aromatic N) is 3. The molecule has 0 aliphatic carbocycles. The van der Waals surface area contributed by atoms with Gasteiger partial charge in [0.1, 0.15) is 5.69 Å². The number of ether oxygens (including phenoxy) is 1. The SMILES string of the molecule is CC[C@@H](N)c1ccc(C#N)cc1.C[C@H]1CCCN1C(=O)c1cc(C(=O)O)c2n1CCOC2. The van der Waals surface area contributed by atoms with E-state index < -0.39 is 5.97 Å². The van der Waals surface area contributed by atoms with E-state index >= 15 is 0 Å². The van der Waals surface area contributed by atoms with E-state index in [1.807, 2.05) is 30.9 Å². The molecule has 0 saturated carbocycles. The minimum atomic E-state index is -1.01. The zero-order valence-electron chi connectivity index (χ0n) is 18.6. The van der Waals surface area contributed by atoms with Gasteiger partial charge in [0, 0.05) is 25.2 Å². The lowest BCUT2D eigenvalue weighted by Crippen LogP contribution is -2.35. The highest BCUT2D eigenvalue weighted by Crippen LogP contribution is 2.25. The van der Waals surface area contributed by atoms with E-state index in [1.54, 1.807) is 16.7 Å². The van der Waals surface area contributed by atoms with Gasteiger partial charge >= 0.3 is 5.97 Å². The summed E-state index contributed by atoms with van der Waals surface area (Å²) < 4.78 is 7.12. The first kappa shape index (κ1) is 23.5. The molecule has 1 aromatic heterocycles. The maximum atomic E-state index is 12.6. The summed E-state index contributed by atoms with van der Waals surface area (Å²) in [6.07, 6.45) is 2.94. The minimum Gasteiger partial charge on any atom is -0.478 e. The van der Waals surface area contributed by atoms with Crippen LogP contribution in [0.5, 0.6) is 0 Å². The van der Waals surface area contributed by atoms with E-state index in [0.717, 1.165) is 31.4 Å². The average Bonchev–Trinajstić information content (AvgIpc) is 3.42. The number of carbonyl (C=O) groups is 2. The molecule has 2 aromatic rings. The van der Waals surface area contributed by atoms with E-state index in [-0.39, 0.29) is 30.2 Å². The Morgan fingerprint density at radius 1 is 1.31 bits per heavy atom. The highest BCUT2D eigenvalue weighted by Gasteiger charge is 2.31. The van der Waals surface area contributed by atoms with Gasteiger partial charge in [-0.2, -0.15) is 5.26 Å². The van der Waals surface area contributed by atoms with Gasteiger partial charge in [0.05, 0.1) is 36.1 Å². The van der Waals surface area contributed by atoms with Crippen molar-refractivity contribution in [1.29, 1.82) is 5.26 Å². The third kappa shape index (κ3) is 5.01. The molecule has 2 aliphatic rings. The quantitative estimate of drug-likeness (QED) is 0.755. The lowest BCUT2D eigenvalue weighted by atomic mass is 10.0. The number of hydrogen-bond acceptors (Lipinski definition) is 5. The van der Waals surface area contributed by atoms with E-state index in [2.05, 4.69) is 6.07 Å². The summed E-state index contributed by atoms with van der Waals surface area (Å²) >= 11 is 0. The molecule has 3 heterocycles. The summed E-state index contributed by atoms with van der Waals surface area (Å²) in [6, 6.07) is 11.3. The lowest BCUT2D eigenvalue weighted by molar-refractivity contribution is 0.0640. The lowest BCUT2D eigenvalue weighted by Gasteiger charge is -2.24. The zero-order valence-corrected chi connectivity index (χ0v) is 18.6. The first-order valence-electron chi connectivity index (χ1n) is 11.0. The smallest absolute Gasteiger partial charge is 0.337 e.